The quantitative estimate of drug-likeness (QED) is 0.475. The van der Waals surface area contributed by atoms with Gasteiger partial charge in [0.25, 0.3) is 0 Å². The molecule has 0 aliphatic heterocycles. The van der Waals surface area contributed by atoms with Crippen molar-refractivity contribution in [3.8, 4) is 0 Å². The van der Waals surface area contributed by atoms with Crippen LogP contribution in [0.1, 0.15) is 0 Å². The first kappa shape index (κ1) is 15.1. The van der Waals surface area contributed by atoms with Crippen molar-refractivity contribution in [3.63, 3.8) is 0 Å². The van der Waals surface area contributed by atoms with E-state index < -0.39 is 25.7 Å². The van der Waals surface area contributed by atoms with Gasteiger partial charge in [-0.2, -0.15) is 13.2 Å². The Balaban J connectivity index is 2.41. The predicted molar refractivity (Wildman–Crippen MR) is 48.8 cm³/mol. The number of hydrogen-bond acceptors (Lipinski definition) is 4. The van der Waals surface area contributed by atoms with Gasteiger partial charge >= 0.3 is 12.5 Å². The predicted octanol–water partition coefficient (Wildman–Crippen LogP) is 2.47. The molecular weight excluding hydrogens is 288 g/mol. The van der Waals surface area contributed by atoms with Crippen molar-refractivity contribution in [2.24, 2.45) is 0 Å². The Morgan fingerprint density at radius 1 is 1.22 bits per heavy atom. The van der Waals surface area contributed by atoms with Crippen LogP contribution in [0, 0.1) is 0 Å². The monoisotopic (exact) mass is 295 g/mol. The minimum Gasteiger partial charge on any atom is -0.299 e. The van der Waals surface area contributed by atoms with Gasteiger partial charge in [-0.05, 0) is 0 Å². The molecule has 0 spiro atoms. The smallest absolute Gasteiger partial charge is 0.299 e. The second kappa shape index (κ2) is 5.78. The van der Waals surface area contributed by atoms with Crippen LogP contribution < -0.4 is 0 Å². The summed E-state index contributed by atoms with van der Waals surface area (Å²) in [4.78, 5) is 0. The summed E-state index contributed by atoms with van der Waals surface area (Å²) in [6.07, 6.45) is -8.33. The Kier molecular flexibility index (Phi) is 4.85. The maximum atomic E-state index is 12.1. The van der Waals surface area contributed by atoms with Crippen LogP contribution in [0.25, 0.3) is 0 Å². The van der Waals surface area contributed by atoms with E-state index in [1.165, 1.54) is 0 Å². The van der Waals surface area contributed by atoms with Crippen LogP contribution >= 0.6 is 11.8 Å². The standard InChI is InChI=1S/C7H7F6N3OS/c8-6(9,10)3-16-4-14-15-5(16)18-2-1-17-7(11,12)13/h4H,1-3H2. The molecule has 1 rings (SSSR count). The summed E-state index contributed by atoms with van der Waals surface area (Å²) in [5, 5.41) is 6.52. The number of aromatic nitrogens is 3. The third-order valence-corrected chi connectivity index (χ3v) is 2.46. The van der Waals surface area contributed by atoms with Crippen molar-refractivity contribution >= 4 is 11.8 Å². The van der Waals surface area contributed by atoms with Gasteiger partial charge < -0.3 is 0 Å². The van der Waals surface area contributed by atoms with Gasteiger partial charge in [0.05, 0.1) is 6.61 Å². The van der Waals surface area contributed by atoms with E-state index in [1.807, 2.05) is 0 Å². The van der Waals surface area contributed by atoms with Crippen LogP contribution in [0.2, 0.25) is 0 Å². The Bertz CT molecular complexity index is 376. The fourth-order valence-electron chi connectivity index (χ4n) is 0.948. The normalized spacial score (nSPS) is 13.0. The van der Waals surface area contributed by atoms with Crippen LogP contribution in [-0.2, 0) is 11.3 Å². The fraction of sp³-hybridized carbons (Fsp3) is 0.714. The van der Waals surface area contributed by atoms with Crippen molar-refractivity contribution in [1.82, 2.24) is 14.8 Å². The molecule has 0 unspecified atom stereocenters. The molecule has 18 heavy (non-hydrogen) atoms. The molecule has 0 bridgehead atoms. The molecule has 1 heterocycles. The zero-order chi connectivity index (χ0) is 13.8. The van der Waals surface area contributed by atoms with Crippen molar-refractivity contribution < 1.29 is 31.1 Å². The maximum Gasteiger partial charge on any atom is 0.522 e. The molecule has 0 atom stereocenters. The number of ether oxygens (including phenoxy) is 1. The number of rotatable bonds is 5. The third-order valence-electron chi connectivity index (χ3n) is 1.51. The summed E-state index contributed by atoms with van der Waals surface area (Å²) in [7, 11) is 0. The van der Waals surface area contributed by atoms with Gasteiger partial charge in [-0.25, -0.2) is 0 Å². The van der Waals surface area contributed by atoms with E-state index in [-0.39, 0.29) is 10.9 Å². The van der Waals surface area contributed by atoms with E-state index in [0.29, 0.717) is 16.3 Å². The highest BCUT2D eigenvalue weighted by molar-refractivity contribution is 7.99. The molecule has 1 aromatic rings. The Hall–Kier alpha value is -0.970. The lowest BCUT2D eigenvalue weighted by Gasteiger charge is -2.09. The van der Waals surface area contributed by atoms with Gasteiger partial charge in [-0.15, -0.1) is 23.4 Å². The van der Waals surface area contributed by atoms with E-state index in [2.05, 4.69) is 14.9 Å². The van der Waals surface area contributed by atoms with Crippen LogP contribution in [0.4, 0.5) is 26.3 Å². The average Bonchev–Trinajstić information content (AvgIpc) is 2.56. The summed E-state index contributed by atoms with van der Waals surface area (Å²) in [6, 6.07) is 0. The SMILES string of the molecule is FC(F)(F)Cn1cnnc1SCCOC(F)(F)F. The van der Waals surface area contributed by atoms with Gasteiger partial charge in [0.15, 0.2) is 5.16 Å². The molecule has 0 amide bonds. The third kappa shape index (κ3) is 6.10. The lowest BCUT2D eigenvalue weighted by molar-refractivity contribution is -0.322. The number of alkyl halides is 6. The van der Waals surface area contributed by atoms with E-state index in [1.54, 1.807) is 0 Å². The molecule has 104 valence electrons. The number of hydrogen-bond donors (Lipinski definition) is 0. The molecule has 4 nitrogen and oxygen atoms in total. The molecule has 0 fully saturated rings. The summed E-state index contributed by atoms with van der Waals surface area (Å²) in [6.45, 7) is -1.96. The largest absolute Gasteiger partial charge is 0.522 e. The lowest BCUT2D eigenvalue weighted by Crippen LogP contribution is -2.18. The zero-order valence-corrected chi connectivity index (χ0v) is 9.44. The Morgan fingerprint density at radius 3 is 2.44 bits per heavy atom. The Labute approximate surface area is 101 Å². The number of halogens is 6. The summed E-state index contributed by atoms with van der Waals surface area (Å²) >= 11 is 0.699. The summed E-state index contributed by atoms with van der Waals surface area (Å²) < 4.78 is 75.3. The first-order chi connectivity index (χ1) is 8.17. The number of nitrogens with zero attached hydrogens (tertiary/aromatic N) is 3. The van der Waals surface area contributed by atoms with E-state index in [4.69, 9.17) is 0 Å². The Morgan fingerprint density at radius 2 is 1.89 bits per heavy atom. The zero-order valence-electron chi connectivity index (χ0n) is 8.62. The molecule has 0 aliphatic rings. The van der Waals surface area contributed by atoms with E-state index in [0.717, 1.165) is 6.33 Å². The summed E-state index contributed by atoms with van der Waals surface area (Å²) in [5.41, 5.74) is 0. The second-order valence-electron chi connectivity index (χ2n) is 3.00. The highest BCUT2D eigenvalue weighted by Gasteiger charge is 2.30. The fourth-order valence-corrected chi connectivity index (χ4v) is 1.68. The highest BCUT2D eigenvalue weighted by atomic mass is 32.2. The van der Waals surface area contributed by atoms with Crippen LogP contribution in [0.5, 0.6) is 0 Å². The first-order valence-electron chi connectivity index (χ1n) is 4.45. The van der Waals surface area contributed by atoms with E-state index in [9.17, 15) is 26.3 Å². The average molecular weight is 295 g/mol. The topological polar surface area (TPSA) is 39.9 Å². The van der Waals surface area contributed by atoms with Crippen molar-refractivity contribution in [2.75, 3.05) is 12.4 Å². The van der Waals surface area contributed by atoms with Crippen molar-refractivity contribution in [2.45, 2.75) is 24.2 Å². The molecule has 1 aromatic heterocycles. The molecular formula is C7H7F6N3OS. The van der Waals surface area contributed by atoms with Crippen LogP contribution in [-0.4, -0.2) is 39.7 Å². The minimum atomic E-state index is -4.75. The lowest BCUT2D eigenvalue weighted by atomic mass is 10.6. The first-order valence-corrected chi connectivity index (χ1v) is 5.44. The molecule has 0 aromatic carbocycles. The van der Waals surface area contributed by atoms with E-state index >= 15 is 0 Å². The van der Waals surface area contributed by atoms with Gasteiger partial charge in [-0.1, -0.05) is 11.8 Å². The second-order valence-corrected chi connectivity index (χ2v) is 4.06. The minimum absolute atomic E-state index is 0.113. The van der Waals surface area contributed by atoms with Crippen LogP contribution in [0.3, 0.4) is 0 Å². The molecule has 11 heteroatoms. The molecule has 0 radical (unpaired) electrons. The van der Waals surface area contributed by atoms with Gasteiger partial charge in [0, 0.05) is 5.75 Å². The van der Waals surface area contributed by atoms with Crippen molar-refractivity contribution in [3.05, 3.63) is 6.33 Å². The summed E-state index contributed by atoms with van der Waals surface area (Å²) in [5.74, 6) is -0.184. The van der Waals surface area contributed by atoms with Gasteiger partial charge in [0.1, 0.15) is 12.9 Å². The van der Waals surface area contributed by atoms with Crippen LogP contribution in [0.15, 0.2) is 11.5 Å². The van der Waals surface area contributed by atoms with Gasteiger partial charge in [-0.3, -0.25) is 9.30 Å². The molecule has 0 aliphatic carbocycles. The molecule has 0 N–H and O–H groups in total. The highest BCUT2D eigenvalue weighted by Crippen LogP contribution is 2.22. The maximum absolute atomic E-state index is 12.1. The number of thioether (sulfide) groups is 1. The molecule has 0 saturated carbocycles. The molecule has 0 saturated heterocycles. The van der Waals surface area contributed by atoms with Crippen molar-refractivity contribution in [1.29, 1.82) is 0 Å². The van der Waals surface area contributed by atoms with Gasteiger partial charge in [0.2, 0.25) is 0 Å².